The van der Waals surface area contributed by atoms with Crippen molar-refractivity contribution < 1.29 is 28.2 Å². The Hall–Kier alpha value is -4.99. The Kier molecular flexibility index (Phi) is 8.37. The van der Waals surface area contributed by atoms with Crippen molar-refractivity contribution in [3.63, 3.8) is 0 Å². The molecule has 1 amide bonds. The number of aromatic nitrogens is 1. The lowest BCUT2D eigenvalue weighted by atomic mass is 9.73. The molecule has 1 aliphatic carbocycles. The van der Waals surface area contributed by atoms with Crippen molar-refractivity contribution in [1.29, 1.82) is 0 Å². The normalized spacial score (nSPS) is 17.1. The van der Waals surface area contributed by atoms with Gasteiger partial charge in [-0.2, -0.15) is 0 Å². The molecule has 6 rings (SSSR count). The minimum Gasteiger partial charge on any atom is -0.493 e. The Labute approximate surface area is 267 Å². The van der Waals surface area contributed by atoms with Gasteiger partial charge in [-0.15, -0.1) is 0 Å². The molecule has 1 atom stereocenters. The standard InChI is InChI=1S/C36H39FN4O5/c1-36(2)17-27-32(29(42)18-36)33(23-11-13-30(44-3)35(46-5)34(23)45-4)41(28-9-7-6-8-26(28)40-27)20-31(43)38-15-14-21-19-39-25-12-10-22(37)16-24(21)25/h6-13,16,19,33,39-40H,14-15,17-18,20H2,1-5H3,(H,38,43). The zero-order valence-electron chi connectivity index (χ0n) is 26.8. The van der Waals surface area contributed by atoms with Crippen molar-refractivity contribution in [1.82, 2.24) is 10.3 Å². The number of halogens is 1. The third-order valence-corrected chi connectivity index (χ3v) is 8.79. The summed E-state index contributed by atoms with van der Waals surface area (Å²) in [7, 11) is 4.65. The molecule has 240 valence electrons. The van der Waals surface area contributed by atoms with E-state index in [0.29, 0.717) is 54.2 Å². The van der Waals surface area contributed by atoms with Crippen molar-refractivity contribution >= 4 is 34.0 Å². The predicted octanol–water partition coefficient (Wildman–Crippen LogP) is 6.31. The van der Waals surface area contributed by atoms with E-state index in [0.717, 1.165) is 33.5 Å². The molecule has 0 fully saturated rings. The number of benzene rings is 3. The molecule has 0 spiro atoms. The number of rotatable bonds is 9. The van der Waals surface area contributed by atoms with Crippen LogP contribution in [0.4, 0.5) is 15.8 Å². The SMILES string of the molecule is COc1ccc(C2C3=C(CC(C)(C)CC3=O)Nc3ccccc3N2CC(=O)NCCc2c[nH]c3ccc(F)cc23)c(OC)c1OC. The minimum atomic E-state index is -0.674. The van der Waals surface area contributed by atoms with Gasteiger partial charge in [-0.05, 0) is 66.3 Å². The van der Waals surface area contributed by atoms with E-state index in [1.807, 2.05) is 41.4 Å². The number of anilines is 2. The summed E-state index contributed by atoms with van der Waals surface area (Å²) in [4.78, 5) is 33.0. The van der Waals surface area contributed by atoms with Gasteiger partial charge in [-0.1, -0.05) is 26.0 Å². The van der Waals surface area contributed by atoms with Crippen LogP contribution in [0.1, 0.15) is 43.9 Å². The van der Waals surface area contributed by atoms with Crippen molar-refractivity contribution in [2.45, 2.75) is 39.2 Å². The molecule has 3 N–H and O–H groups in total. The number of carbonyl (C=O) groups is 2. The molecule has 2 aliphatic rings. The van der Waals surface area contributed by atoms with E-state index in [2.05, 4.69) is 29.5 Å². The molecule has 0 saturated heterocycles. The summed E-state index contributed by atoms with van der Waals surface area (Å²) in [6.45, 7) is 4.48. The Bertz CT molecular complexity index is 1850. The van der Waals surface area contributed by atoms with Crippen LogP contribution in [0.2, 0.25) is 0 Å². The second-order valence-corrected chi connectivity index (χ2v) is 12.5. The summed E-state index contributed by atoms with van der Waals surface area (Å²) in [6, 6.07) is 15.4. The molecule has 0 saturated carbocycles. The van der Waals surface area contributed by atoms with E-state index in [1.165, 1.54) is 12.1 Å². The van der Waals surface area contributed by atoms with Crippen molar-refractivity contribution in [2.75, 3.05) is 44.6 Å². The molecule has 3 aromatic carbocycles. The molecule has 2 heterocycles. The van der Waals surface area contributed by atoms with Crippen molar-refractivity contribution in [3.8, 4) is 17.2 Å². The average molecular weight is 627 g/mol. The number of para-hydroxylation sites is 2. The highest BCUT2D eigenvalue weighted by molar-refractivity contribution is 6.02. The van der Waals surface area contributed by atoms with Gasteiger partial charge >= 0.3 is 0 Å². The molecule has 10 heteroatoms. The van der Waals surface area contributed by atoms with Crippen LogP contribution in [0.5, 0.6) is 17.2 Å². The van der Waals surface area contributed by atoms with E-state index < -0.39 is 6.04 Å². The molecule has 1 aliphatic heterocycles. The Morgan fingerprint density at radius 1 is 1.02 bits per heavy atom. The number of nitrogens with one attached hydrogen (secondary N) is 3. The van der Waals surface area contributed by atoms with Gasteiger partial charge < -0.3 is 34.7 Å². The van der Waals surface area contributed by atoms with Gasteiger partial charge in [0.1, 0.15) is 5.82 Å². The van der Waals surface area contributed by atoms with Crippen molar-refractivity contribution in [3.05, 3.63) is 89.0 Å². The number of fused-ring (bicyclic) bond motifs is 2. The van der Waals surface area contributed by atoms with Gasteiger partial charge in [0.15, 0.2) is 17.3 Å². The van der Waals surface area contributed by atoms with Crippen LogP contribution in [-0.2, 0) is 16.0 Å². The fraction of sp³-hybridized carbons (Fsp3) is 0.333. The second-order valence-electron chi connectivity index (χ2n) is 12.5. The maximum absolute atomic E-state index is 14.1. The fourth-order valence-electron chi connectivity index (χ4n) is 6.80. The number of nitrogens with zero attached hydrogens (tertiary/aromatic N) is 1. The fourth-order valence-corrected chi connectivity index (χ4v) is 6.80. The number of carbonyl (C=O) groups excluding carboxylic acids is 2. The van der Waals surface area contributed by atoms with E-state index in [4.69, 9.17) is 14.2 Å². The molecule has 9 nitrogen and oxygen atoms in total. The van der Waals surface area contributed by atoms with E-state index in [9.17, 15) is 14.0 Å². The Balaban J connectivity index is 1.40. The van der Waals surface area contributed by atoms with Gasteiger partial charge in [-0.25, -0.2) is 4.39 Å². The van der Waals surface area contributed by atoms with Crippen LogP contribution < -0.4 is 29.7 Å². The summed E-state index contributed by atoms with van der Waals surface area (Å²) in [5.74, 6) is 0.785. The molecule has 4 aromatic rings. The molecular formula is C36H39FN4O5. The number of aromatic amines is 1. The first-order valence-corrected chi connectivity index (χ1v) is 15.3. The Morgan fingerprint density at radius 2 is 1.80 bits per heavy atom. The smallest absolute Gasteiger partial charge is 0.239 e. The first kappa shape index (κ1) is 31.0. The topological polar surface area (TPSA) is 105 Å². The highest BCUT2D eigenvalue weighted by atomic mass is 19.1. The van der Waals surface area contributed by atoms with Crippen LogP contribution in [0, 0.1) is 11.2 Å². The highest BCUT2D eigenvalue weighted by Gasteiger charge is 2.43. The number of allylic oxidation sites excluding steroid dienone is 1. The Morgan fingerprint density at radius 3 is 2.57 bits per heavy atom. The first-order valence-electron chi connectivity index (χ1n) is 15.3. The van der Waals surface area contributed by atoms with Gasteiger partial charge in [0.2, 0.25) is 11.7 Å². The summed E-state index contributed by atoms with van der Waals surface area (Å²) in [5.41, 5.74) is 5.17. The zero-order chi connectivity index (χ0) is 32.6. The molecule has 1 aromatic heterocycles. The number of ketones is 1. The molecule has 0 radical (unpaired) electrons. The maximum atomic E-state index is 14.1. The van der Waals surface area contributed by atoms with Gasteiger partial charge in [0.25, 0.3) is 0 Å². The van der Waals surface area contributed by atoms with Crippen LogP contribution in [0.15, 0.2) is 72.1 Å². The molecule has 0 bridgehead atoms. The summed E-state index contributed by atoms with van der Waals surface area (Å²) in [6.07, 6.45) is 3.38. The maximum Gasteiger partial charge on any atom is 0.239 e. The van der Waals surface area contributed by atoms with E-state index >= 15 is 0 Å². The number of hydrogen-bond acceptors (Lipinski definition) is 7. The van der Waals surface area contributed by atoms with Crippen LogP contribution in [-0.4, -0.2) is 51.1 Å². The van der Waals surface area contributed by atoms with E-state index in [-0.39, 0.29) is 29.5 Å². The third-order valence-electron chi connectivity index (χ3n) is 8.79. The predicted molar refractivity (Wildman–Crippen MR) is 176 cm³/mol. The van der Waals surface area contributed by atoms with E-state index in [1.54, 1.807) is 33.5 Å². The number of methoxy groups -OCH3 is 3. The quantitative estimate of drug-likeness (QED) is 0.200. The number of ether oxygens (including phenoxy) is 3. The van der Waals surface area contributed by atoms with Crippen molar-refractivity contribution in [2.24, 2.45) is 5.41 Å². The van der Waals surface area contributed by atoms with Gasteiger partial charge in [-0.3, -0.25) is 9.59 Å². The van der Waals surface area contributed by atoms with Crippen LogP contribution in [0.25, 0.3) is 10.9 Å². The summed E-state index contributed by atoms with van der Waals surface area (Å²) < 4.78 is 31.2. The van der Waals surface area contributed by atoms with Crippen LogP contribution >= 0.6 is 0 Å². The summed E-state index contributed by atoms with van der Waals surface area (Å²) in [5, 5.41) is 7.42. The number of amides is 1. The molecule has 1 unspecified atom stereocenters. The first-order chi connectivity index (χ1) is 22.1. The monoisotopic (exact) mass is 626 g/mol. The lowest BCUT2D eigenvalue weighted by molar-refractivity contribution is -0.120. The second kappa shape index (κ2) is 12.4. The third kappa shape index (κ3) is 5.75. The van der Waals surface area contributed by atoms with Gasteiger partial charge in [0.05, 0.1) is 45.3 Å². The van der Waals surface area contributed by atoms with Crippen LogP contribution in [0.3, 0.4) is 0 Å². The number of Topliss-reactive ketones (excluding diaryl/α,β-unsaturated/α-hetero) is 1. The van der Waals surface area contributed by atoms with Gasteiger partial charge in [0, 0.05) is 46.9 Å². The minimum absolute atomic E-state index is 0.00497. The zero-order valence-corrected chi connectivity index (χ0v) is 26.8. The number of hydrogen-bond donors (Lipinski definition) is 3. The highest BCUT2D eigenvalue weighted by Crippen LogP contribution is 2.52. The molecule has 46 heavy (non-hydrogen) atoms. The molecular weight excluding hydrogens is 587 g/mol. The lowest BCUT2D eigenvalue weighted by Gasteiger charge is -2.38. The lowest BCUT2D eigenvalue weighted by Crippen LogP contribution is -2.42. The summed E-state index contributed by atoms with van der Waals surface area (Å²) >= 11 is 0. The largest absolute Gasteiger partial charge is 0.493 e. The average Bonchev–Trinajstić information content (AvgIpc) is 3.36. The number of H-pyrrole nitrogens is 1.